The van der Waals surface area contributed by atoms with Gasteiger partial charge in [-0.3, -0.25) is 4.79 Å². The summed E-state index contributed by atoms with van der Waals surface area (Å²) in [5.41, 5.74) is 2.04. The summed E-state index contributed by atoms with van der Waals surface area (Å²) in [4.78, 5) is 15.6. The van der Waals surface area contributed by atoms with Gasteiger partial charge in [0, 0.05) is 33.9 Å². The van der Waals surface area contributed by atoms with Gasteiger partial charge < -0.3 is 19.8 Å². The predicted molar refractivity (Wildman–Crippen MR) is 88.7 cm³/mol. The molecule has 116 valence electrons. The molecule has 0 fully saturated rings. The van der Waals surface area contributed by atoms with Gasteiger partial charge in [0.05, 0.1) is 5.56 Å². The Morgan fingerprint density at radius 1 is 1.09 bits per heavy atom. The first-order valence-electron chi connectivity index (χ1n) is 7.18. The van der Waals surface area contributed by atoms with Gasteiger partial charge in [0.2, 0.25) is 0 Å². The van der Waals surface area contributed by atoms with Crippen molar-refractivity contribution in [2.24, 2.45) is 0 Å². The first kappa shape index (κ1) is 14.0. The number of ether oxygens (including phenoxy) is 2. The number of hydrogen-bond donors (Lipinski definition) is 2. The van der Waals surface area contributed by atoms with E-state index in [2.05, 4.69) is 10.3 Å². The molecule has 1 aliphatic rings. The van der Waals surface area contributed by atoms with Crippen molar-refractivity contribution < 1.29 is 14.3 Å². The van der Waals surface area contributed by atoms with Crippen molar-refractivity contribution in [3.63, 3.8) is 0 Å². The van der Waals surface area contributed by atoms with Gasteiger partial charge in [-0.05, 0) is 24.3 Å². The minimum atomic E-state index is -0.199. The van der Waals surface area contributed by atoms with Crippen molar-refractivity contribution >= 4 is 34.1 Å². The molecule has 0 atom stereocenters. The summed E-state index contributed by atoms with van der Waals surface area (Å²) < 4.78 is 11.0. The van der Waals surface area contributed by atoms with Crippen molar-refractivity contribution in [3.05, 3.63) is 53.2 Å². The summed E-state index contributed by atoms with van der Waals surface area (Å²) in [5.74, 6) is 1.13. The number of rotatable bonds is 2. The molecule has 1 aliphatic heterocycles. The third-order valence-electron chi connectivity index (χ3n) is 3.69. The van der Waals surface area contributed by atoms with E-state index in [9.17, 15) is 4.79 Å². The van der Waals surface area contributed by atoms with Crippen LogP contribution in [0.15, 0.2) is 42.6 Å². The molecule has 0 aliphatic carbocycles. The van der Waals surface area contributed by atoms with Gasteiger partial charge in [-0.1, -0.05) is 17.7 Å². The lowest BCUT2D eigenvalue weighted by molar-refractivity contribution is 0.102. The summed E-state index contributed by atoms with van der Waals surface area (Å²) in [6, 6.07) is 10.7. The highest BCUT2D eigenvalue weighted by molar-refractivity contribution is 6.31. The molecule has 0 saturated heterocycles. The minimum absolute atomic E-state index is 0.199. The minimum Gasteiger partial charge on any atom is -0.486 e. The Hall–Kier alpha value is -2.66. The lowest BCUT2D eigenvalue weighted by Gasteiger charge is -2.18. The Bertz CT molecular complexity index is 904. The van der Waals surface area contributed by atoms with E-state index in [0.717, 1.165) is 10.9 Å². The van der Waals surface area contributed by atoms with Gasteiger partial charge in [-0.15, -0.1) is 0 Å². The zero-order valence-corrected chi connectivity index (χ0v) is 12.8. The Labute approximate surface area is 137 Å². The number of amides is 1. The lowest BCUT2D eigenvalue weighted by atomic mass is 10.1. The van der Waals surface area contributed by atoms with Crippen molar-refractivity contribution in [1.29, 1.82) is 0 Å². The highest BCUT2D eigenvalue weighted by Crippen LogP contribution is 2.33. The number of hydrogen-bond acceptors (Lipinski definition) is 3. The van der Waals surface area contributed by atoms with Crippen LogP contribution in [-0.4, -0.2) is 24.1 Å². The lowest BCUT2D eigenvalue weighted by Crippen LogP contribution is -2.16. The molecule has 5 nitrogen and oxygen atoms in total. The molecule has 23 heavy (non-hydrogen) atoms. The number of H-pyrrole nitrogens is 1. The largest absolute Gasteiger partial charge is 0.486 e. The number of fused-ring (bicyclic) bond motifs is 2. The summed E-state index contributed by atoms with van der Waals surface area (Å²) >= 11 is 5.96. The maximum absolute atomic E-state index is 12.5. The van der Waals surface area contributed by atoms with E-state index >= 15 is 0 Å². The Morgan fingerprint density at radius 3 is 2.78 bits per heavy atom. The molecule has 2 N–H and O–H groups in total. The van der Waals surface area contributed by atoms with Crippen LogP contribution in [0.5, 0.6) is 11.5 Å². The van der Waals surface area contributed by atoms with Crippen molar-refractivity contribution in [2.75, 3.05) is 18.5 Å². The third-order valence-corrected chi connectivity index (χ3v) is 3.92. The van der Waals surface area contributed by atoms with Crippen LogP contribution in [0.4, 0.5) is 5.69 Å². The van der Waals surface area contributed by atoms with Crippen molar-refractivity contribution in [3.8, 4) is 11.5 Å². The topological polar surface area (TPSA) is 63.4 Å². The van der Waals surface area contributed by atoms with E-state index in [-0.39, 0.29) is 5.91 Å². The van der Waals surface area contributed by atoms with Crippen LogP contribution in [0.2, 0.25) is 5.02 Å². The fourth-order valence-electron chi connectivity index (χ4n) is 2.61. The molecular formula is C17H13ClN2O3. The Balaban J connectivity index is 1.62. The molecule has 0 unspecified atom stereocenters. The van der Waals surface area contributed by atoms with Crippen LogP contribution in [0, 0.1) is 0 Å². The van der Waals surface area contributed by atoms with Gasteiger partial charge in [0.15, 0.2) is 11.5 Å². The smallest absolute Gasteiger partial charge is 0.257 e. The number of carbonyl (C=O) groups excluding carboxylic acids is 1. The molecule has 1 amide bonds. The molecular weight excluding hydrogens is 316 g/mol. The zero-order chi connectivity index (χ0) is 15.8. The molecule has 0 saturated carbocycles. The second-order valence-corrected chi connectivity index (χ2v) is 5.64. The van der Waals surface area contributed by atoms with Gasteiger partial charge in [-0.25, -0.2) is 0 Å². The van der Waals surface area contributed by atoms with Gasteiger partial charge >= 0.3 is 0 Å². The molecule has 0 spiro atoms. The molecule has 2 aromatic carbocycles. The highest BCUT2D eigenvalue weighted by Gasteiger charge is 2.15. The normalized spacial score (nSPS) is 13.1. The number of benzene rings is 2. The van der Waals surface area contributed by atoms with Gasteiger partial charge in [0.1, 0.15) is 13.2 Å². The number of aromatic nitrogens is 1. The van der Waals surface area contributed by atoms with Crippen LogP contribution in [-0.2, 0) is 0 Å². The van der Waals surface area contributed by atoms with E-state index in [4.69, 9.17) is 21.1 Å². The van der Waals surface area contributed by atoms with Gasteiger partial charge in [0.25, 0.3) is 5.91 Å². The summed E-state index contributed by atoms with van der Waals surface area (Å²) in [5, 5.41) is 4.32. The number of halogens is 1. The Kier molecular flexibility index (Phi) is 3.35. The van der Waals surface area contributed by atoms with Gasteiger partial charge in [-0.2, -0.15) is 0 Å². The number of nitrogens with one attached hydrogen (secondary N) is 2. The van der Waals surface area contributed by atoms with E-state index in [1.54, 1.807) is 36.5 Å². The van der Waals surface area contributed by atoms with Crippen molar-refractivity contribution in [2.45, 2.75) is 0 Å². The van der Waals surface area contributed by atoms with Crippen LogP contribution in [0.3, 0.4) is 0 Å². The summed E-state index contributed by atoms with van der Waals surface area (Å²) in [7, 11) is 0. The molecule has 0 bridgehead atoms. The number of anilines is 1. The average Bonchev–Trinajstić information content (AvgIpc) is 2.97. The summed E-state index contributed by atoms with van der Waals surface area (Å²) in [6.07, 6.45) is 1.67. The maximum Gasteiger partial charge on any atom is 0.257 e. The number of carbonyl (C=O) groups is 1. The Morgan fingerprint density at radius 2 is 1.91 bits per heavy atom. The van der Waals surface area contributed by atoms with Crippen molar-refractivity contribution in [1.82, 2.24) is 4.98 Å². The van der Waals surface area contributed by atoms with Crippen LogP contribution in [0.25, 0.3) is 10.9 Å². The predicted octanol–water partition coefficient (Wildman–Crippen LogP) is 3.84. The quantitative estimate of drug-likeness (QED) is 0.751. The standard InChI is InChI=1S/C17H13ClN2O3/c18-10-1-3-12-13(9-19-14(12)7-10)17(21)20-11-2-4-15-16(8-11)23-6-5-22-15/h1-4,7-9,19H,5-6H2,(H,20,21). The van der Waals surface area contributed by atoms with E-state index < -0.39 is 0 Å². The SMILES string of the molecule is O=C(Nc1ccc2c(c1)OCCO2)c1c[nH]c2cc(Cl)ccc12. The first-order valence-corrected chi connectivity index (χ1v) is 7.56. The molecule has 2 heterocycles. The van der Waals surface area contributed by atoms with E-state index in [0.29, 0.717) is 41.0 Å². The second kappa shape index (κ2) is 5.52. The van der Waals surface area contributed by atoms with Crippen LogP contribution in [0.1, 0.15) is 10.4 Å². The van der Waals surface area contributed by atoms with E-state index in [1.165, 1.54) is 0 Å². The fraction of sp³-hybridized carbons (Fsp3) is 0.118. The zero-order valence-electron chi connectivity index (χ0n) is 12.1. The molecule has 4 rings (SSSR count). The highest BCUT2D eigenvalue weighted by atomic mass is 35.5. The molecule has 3 aromatic rings. The fourth-order valence-corrected chi connectivity index (χ4v) is 2.78. The molecule has 1 aromatic heterocycles. The molecule has 0 radical (unpaired) electrons. The van der Waals surface area contributed by atoms with E-state index in [1.807, 2.05) is 6.07 Å². The maximum atomic E-state index is 12.5. The number of aromatic amines is 1. The van der Waals surface area contributed by atoms with Crippen LogP contribution >= 0.6 is 11.6 Å². The summed E-state index contributed by atoms with van der Waals surface area (Å²) in [6.45, 7) is 1.05. The first-order chi connectivity index (χ1) is 11.2. The second-order valence-electron chi connectivity index (χ2n) is 5.20. The molecule has 6 heteroatoms. The monoisotopic (exact) mass is 328 g/mol. The van der Waals surface area contributed by atoms with Crippen LogP contribution < -0.4 is 14.8 Å². The third kappa shape index (κ3) is 2.59. The average molecular weight is 329 g/mol.